The van der Waals surface area contributed by atoms with E-state index in [1.165, 1.54) is 7.11 Å². The first-order valence-corrected chi connectivity index (χ1v) is 10.9. The molecular weight excluding hydrogens is 414 g/mol. The van der Waals surface area contributed by atoms with Gasteiger partial charge in [-0.3, -0.25) is 4.98 Å². The number of aromatic nitrogens is 1. The van der Waals surface area contributed by atoms with Gasteiger partial charge in [-0.25, -0.2) is 4.79 Å². The summed E-state index contributed by atoms with van der Waals surface area (Å²) in [5, 5.41) is 3.38. The van der Waals surface area contributed by atoms with Gasteiger partial charge in [-0.1, -0.05) is 12.0 Å². The molecule has 0 saturated heterocycles. The van der Waals surface area contributed by atoms with Gasteiger partial charge in [0.1, 0.15) is 5.75 Å². The van der Waals surface area contributed by atoms with E-state index in [9.17, 15) is 4.79 Å². The molecule has 2 aromatic carbocycles. The molecule has 2 heterocycles. The van der Waals surface area contributed by atoms with Crippen molar-refractivity contribution in [1.82, 2.24) is 4.98 Å². The molecule has 0 saturated carbocycles. The predicted molar refractivity (Wildman–Crippen MR) is 130 cm³/mol. The van der Waals surface area contributed by atoms with Crippen molar-refractivity contribution in [3.8, 4) is 17.6 Å². The lowest BCUT2D eigenvalue weighted by atomic mass is 9.92. The number of pyridine rings is 1. The number of carbonyl (C=O) groups is 1. The Hall–Kier alpha value is -3.98. The number of carbonyl (C=O) groups excluding carboxylic acids is 1. The van der Waals surface area contributed by atoms with Gasteiger partial charge in [0.05, 0.1) is 31.2 Å². The molecule has 1 aliphatic heterocycles. The van der Waals surface area contributed by atoms with Crippen LogP contribution in [0.3, 0.4) is 0 Å². The second kappa shape index (κ2) is 10.1. The molecular formula is C27H27N3O3. The van der Waals surface area contributed by atoms with E-state index in [2.05, 4.69) is 57.4 Å². The van der Waals surface area contributed by atoms with Crippen molar-refractivity contribution >= 4 is 23.0 Å². The van der Waals surface area contributed by atoms with Crippen molar-refractivity contribution in [2.45, 2.75) is 19.3 Å². The van der Waals surface area contributed by atoms with Crippen LogP contribution in [0, 0.1) is 11.8 Å². The summed E-state index contributed by atoms with van der Waals surface area (Å²) in [5.41, 5.74) is 5.44. The number of nitrogens with one attached hydrogen (secondary N) is 1. The van der Waals surface area contributed by atoms with E-state index >= 15 is 0 Å². The summed E-state index contributed by atoms with van der Waals surface area (Å²) >= 11 is 0. The van der Waals surface area contributed by atoms with Gasteiger partial charge in [-0.15, -0.1) is 5.92 Å². The summed E-state index contributed by atoms with van der Waals surface area (Å²) in [7, 11) is 3.42. The summed E-state index contributed by atoms with van der Waals surface area (Å²) in [4.78, 5) is 18.3. The minimum Gasteiger partial charge on any atom is -0.493 e. The molecule has 1 aliphatic rings. The largest absolute Gasteiger partial charge is 0.493 e. The third kappa shape index (κ3) is 4.93. The third-order valence-corrected chi connectivity index (χ3v) is 5.84. The highest BCUT2D eigenvalue weighted by Gasteiger charge is 2.23. The molecule has 0 radical (unpaired) electrons. The number of hydrogen-bond donors (Lipinski definition) is 1. The van der Waals surface area contributed by atoms with Crippen LogP contribution in [0.4, 0.5) is 17.1 Å². The van der Waals surface area contributed by atoms with Crippen molar-refractivity contribution in [3.05, 3.63) is 77.6 Å². The van der Waals surface area contributed by atoms with E-state index in [4.69, 9.17) is 9.47 Å². The van der Waals surface area contributed by atoms with Gasteiger partial charge in [-0.2, -0.15) is 0 Å². The van der Waals surface area contributed by atoms with Gasteiger partial charge in [0.25, 0.3) is 0 Å². The number of hydrogen-bond acceptors (Lipinski definition) is 6. The zero-order valence-electron chi connectivity index (χ0n) is 19.1. The number of nitrogens with zero attached hydrogens (tertiary/aromatic N) is 2. The topological polar surface area (TPSA) is 63.7 Å². The molecule has 1 atom stereocenters. The van der Waals surface area contributed by atoms with Crippen LogP contribution < -0.4 is 15.0 Å². The Labute approximate surface area is 194 Å². The van der Waals surface area contributed by atoms with Crippen LogP contribution in [0.2, 0.25) is 0 Å². The first-order chi connectivity index (χ1) is 16.1. The number of rotatable bonds is 6. The lowest BCUT2D eigenvalue weighted by molar-refractivity contribution is 0.0601. The molecule has 4 rings (SSSR count). The maximum atomic E-state index is 12.0. The van der Waals surface area contributed by atoms with Crippen molar-refractivity contribution in [2.75, 3.05) is 37.5 Å². The Balaban J connectivity index is 1.50. The summed E-state index contributed by atoms with van der Waals surface area (Å²) in [6.07, 6.45) is 4.13. The van der Waals surface area contributed by atoms with Gasteiger partial charge < -0.3 is 19.7 Å². The van der Waals surface area contributed by atoms with E-state index in [1.54, 1.807) is 18.5 Å². The molecule has 6 heteroatoms. The third-order valence-electron chi connectivity index (χ3n) is 5.84. The second-order valence-corrected chi connectivity index (χ2v) is 7.83. The maximum Gasteiger partial charge on any atom is 0.340 e. The van der Waals surface area contributed by atoms with Crippen LogP contribution in [0.1, 0.15) is 40.7 Å². The standard InChI is InChI=1S/C27H27N3O3/c1-4-5-19-6-8-21(9-7-19)30(2)22-10-11-23-20(13-15-33-26(23)16-22)17-29-25-18-28-14-12-24(25)27(31)32-3/h6-12,14,16,18,20,29H,13,15,17H2,1-3H3/t20-/m0/s1. The molecule has 33 heavy (non-hydrogen) atoms. The van der Waals surface area contributed by atoms with Crippen LogP contribution in [0.5, 0.6) is 5.75 Å². The first-order valence-electron chi connectivity index (χ1n) is 10.9. The van der Waals surface area contributed by atoms with Crippen LogP contribution in [-0.2, 0) is 4.74 Å². The molecule has 0 bridgehead atoms. The van der Waals surface area contributed by atoms with E-state index < -0.39 is 0 Å². The minimum atomic E-state index is -0.380. The molecule has 0 aliphatic carbocycles. The molecule has 1 N–H and O–H groups in total. The molecule has 0 fully saturated rings. The van der Waals surface area contributed by atoms with Crippen molar-refractivity contribution in [2.24, 2.45) is 0 Å². The van der Waals surface area contributed by atoms with Gasteiger partial charge in [0.2, 0.25) is 0 Å². The highest BCUT2D eigenvalue weighted by Crippen LogP contribution is 2.38. The summed E-state index contributed by atoms with van der Waals surface area (Å²) in [6, 6.07) is 16.2. The number of benzene rings is 2. The number of anilines is 3. The predicted octanol–water partition coefficient (Wildman–Crippen LogP) is 4.99. The van der Waals surface area contributed by atoms with E-state index in [1.807, 2.05) is 26.1 Å². The molecule has 0 unspecified atom stereocenters. The SMILES string of the molecule is CC#Cc1ccc(N(C)c2ccc3c(c2)OCC[C@H]3CNc2cnccc2C(=O)OC)cc1. The maximum absolute atomic E-state index is 12.0. The Morgan fingerprint density at radius 3 is 2.76 bits per heavy atom. The van der Waals surface area contributed by atoms with Gasteiger partial charge in [0.15, 0.2) is 0 Å². The van der Waals surface area contributed by atoms with Crippen molar-refractivity contribution in [3.63, 3.8) is 0 Å². The Morgan fingerprint density at radius 2 is 2.00 bits per heavy atom. The summed E-state index contributed by atoms with van der Waals surface area (Å²) in [5.74, 6) is 6.76. The average molecular weight is 442 g/mol. The zero-order valence-corrected chi connectivity index (χ0v) is 19.1. The summed E-state index contributed by atoms with van der Waals surface area (Å²) < 4.78 is 10.9. The molecule has 168 valence electrons. The van der Waals surface area contributed by atoms with Crippen LogP contribution in [-0.4, -0.2) is 38.3 Å². The molecule has 3 aromatic rings. The van der Waals surface area contributed by atoms with E-state index in [0.29, 0.717) is 24.4 Å². The highest BCUT2D eigenvalue weighted by molar-refractivity contribution is 5.95. The smallest absolute Gasteiger partial charge is 0.340 e. The Morgan fingerprint density at radius 1 is 1.21 bits per heavy atom. The molecule has 0 amide bonds. The lowest BCUT2D eigenvalue weighted by Gasteiger charge is -2.28. The molecule has 1 aromatic heterocycles. The van der Waals surface area contributed by atoms with Crippen LogP contribution >= 0.6 is 0 Å². The molecule has 6 nitrogen and oxygen atoms in total. The summed E-state index contributed by atoms with van der Waals surface area (Å²) in [6.45, 7) is 3.15. The van der Waals surface area contributed by atoms with Gasteiger partial charge >= 0.3 is 5.97 Å². The van der Waals surface area contributed by atoms with Crippen molar-refractivity contribution < 1.29 is 14.3 Å². The lowest BCUT2D eigenvalue weighted by Crippen LogP contribution is -2.22. The number of esters is 1. The van der Waals surface area contributed by atoms with Crippen molar-refractivity contribution in [1.29, 1.82) is 0 Å². The monoisotopic (exact) mass is 441 g/mol. The Bertz CT molecular complexity index is 1200. The number of ether oxygens (including phenoxy) is 2. The quantitative estimate of drug-likeness (QED) is 0.430. The van der Waals surface area contributed by atoms with Gasteiger partial charge in [-0.05, 0) is 55.3 Å². The highest BCUT2D eigenvalue weighted by atomic mass is 16.5. The fourth-order valence-corrected chi connectivity index (χ4v) is 3.99. The molecule has 0 spiro atoms. The van der Waals surface area contributed by atoms with Crippen LogP contribution in [0.25, 0.3) is 0 Å². The van der Waals surface area contributed by atoms with E-state index in [0.717, 1.165) is 34.7 Å². The van der Waals surface area contributed by atoms with Crippen LogP contribution in [0.15, 0.2) is 60.9 Å². The van der Waals surface area contributed by atoms with E-state index in [-0.39, 0.29) is 11.9 Å². The normalized spacial score (nSPS) is 14.2. The fraction of sp³-hybridized carbons (Fsp3) is 0.259. The minimum absolute atomic E-state index is 0.255. The van der Waals surface area contributed by atoms with Gasteiger partial charge in [0, 0.05) is 48.7 Å². The Kier molecular flexibility index (Phi) is 6.80. The second-order valence-electron chi connectivity index (χ2n) is 7.83. The zero-order chi connectivity index (χ0) is 23.2. The fourth-order valence-electron chi connectivity index (χ4n) is 3.99. The average Bonchev–Trinajstić information content (AvgIpc) is 2.87. The first kappa shape index (κ1) is 22.2. The number of methoxy groups -OCH3 is 1. The number of fused-ring (bicyclic) bond motifs is 1.